The van der Waals surface area contributed by atoms with Crippen molar-refractivity contribution < 1.29 is 0 Å². The fourth-order valence-corrected chi connectivity index (χ4v) is 0.613. The third-order valence-electron chi connectivity index (χ3n) is 1.53. The number of unbranched alkanes of at least 4 members (excludes halogenated alkanes) is 1. The number of hydrogen-bond donors (Lipinski definition) is 0. The van der Waals surface area contributed by atoms with Crippen LogP contribution in [-0.2, 0) is 0 Å². The lowest BCUT2D eigenvalue weighted by Crippen LogP contribution is -1.67. The third-order valence-corrected chi connectivity index (χ3v) is 1.53. The molecule has 0 aliphatic rings. The van der Waals surface area contributed by atoms with E-state index in [0.717, 1.165) is 6.42 Å². The molecule has 0 aliphatic heterocycles. The van der Waals surface area contributed by atoms with Crippen molar-refractivity contribution in [1.82, 2.24) is 0 Å². The Hall–Kier alpha value is -0.520. The van der Waals surface area contributed by atoms with Gasteiger partial charge in [-0.15, -0.1) is 0 Å². The Kier molecular flexibility index (Phi) is 6.25. The second kappa shape index (κ2) is 6.60. The van der Waals surface area contributed by atoms with Gasteiger partial charge in [0.25, 0.3) is 0 Å². The summed E-state index contributed by atoms with van der Waals surface area (Å²) in [6, 6.07) is 0. The van der Waals surface area contributed by atoms with Gasteiger partial charge >= 0.3 is 0 Å². The van der Waals surface area contributed by atoms with Crippen LogP contribution in [0.25, 0.3) is 0 Å². The summed E-state index contributed by atoms with van der Waals surface area (Å²) in [5, 5.41) is 0. The van der Waals surface area contributed by atoms with Crippen LogP contribution in [0.5, 0.6) is 0 Å². The van der Waals surface area contributed by atoms with E-state index in [0.29, 0.717) is 0 Å². The van der Waals surface area contributed by atoms with Gasteiger partial charge in [-0.1, -0.05) is 44.1 Å². The van der Waals surface area contributed by atoms with E-state index in [9.17, 15) is 0 Å². The molecule has 0 spiro atoms. The molecule has 0 heterocycles. The van der Waals surface area contributed by atoms with Crippen molar-refractivity contribution in [2.45, 2.75) is 40.0 Å². The zero-order chi connectivity index (χ0) is 7.82. The number of hydrogen-bond acceptors (Lipinski definition) is 0. The molecule has 0 radical (unpaired) electrons. The van der Waals surface area contributed by atoms with Crippen LogP contribution in [0.15, 0.2) is 23.8 Å². The van der Waals surface area contributed by atoms with Crippen LogP contribution >= 0.6 is 0 Å². The summed E-state index contributed by atoms with van der Waals surface area (Å²) in [4.78, 5) is 0. The molecule has 58 valence electrons. The summed E-state index contributed by atoms with van der Waals surface area (Å²) in [6.45, 7) is 6.54. The molecule has 0 aromatic heterocycles. The van der Waals surface area contributed by atoms with Gasteiger partial charge in [0.05, 0.1) is 0 Å². The normalized spacial score (nSPS) is 12.9. The van der Waals surface area contributed by atoms with E-state index in [1.807, 2.05) is 0 Å². The van der Waals surface area contributed by atoms with Crippen LogP contribution in [0.4, 0.5) is 0 Å². The minimum absolute atomic E-state index is 1.16. The van der Waals surface area contributed by atoms with Crippen molar-refractivity contribution in [3.05, 3.63) is 23.8 Å². The lowest BCUT2D eigenvalue weighted by atomic mass is 10.2. The Bertz CT molecular complexity index is 118. The van der Waals surface area contributed by atoms with E-state index < -0.39 is 0 Å². The molecule has 0 atom stereocenters. The monoisotopic (exact) mass is 138 g/mol. The molecule has 0 saturated heterocycles. The summed E-state index contributed by atoms with van der Waals surface area (Å²) in [5.74, 6) is 0. The zero-order valence-corrected chi connectivity index (χ0v) is 7.35. The maximum atomic E-state index is 2.22. The average molecular weight is 138 g/mol. The van der Waals surface area contributed by atoms with Crippen molar-refractivity contribution in [2.24, 2.45) is 0 Å². The maximum absolute atomic E-state index is 2.22. The molecule has 0 saturated carbocycles. The van der Waals surface area contributed by atoms with Gasteiger partial charge in [0, 0.05) is 0 Å². The van der Waals surface area contributed by atoms with Gasteiger partial charge in [0.1, 0.15) is 0 Å². The number of allylic oxidation sites excluding steroid dienone is 4. The molecule has 0 aliphatic carbocycles. The first-order chi connectivity index (χ1) is 4.81. The van der Waals surface area contributed by atoms with E-state index in [1.54, 1.807) is 0 Å². The molecule has 0 aromatic rings. The van der Waals surface area contributed by atoms with E-state index in [4.69, 9.17) is 0 Å². The average Bonchev–Trinajstić information content (AvgIpc) is 1.98. The predicted molar refractivity (Wildman–Crippen MR) is 48.1 cm³/mol. The fourth-order valence-electron chi connectivity index (χ4n) is 0.613. The molecule has 0 N–H and O–H groups in total. The molecule has 0 bridgehead atoms. The van der Waals surface area contributed by atoms with Gasteiger partial charge in [-0.2, -0.15) is 0 Å². The van der Waals surface area contributed by atoms with Crippen molar-refractivity contribution in [3.8, 4) is 0 Å². The molecule has 0 rings (SSSR count). The number of rotatable bonds is 4. The molecule has 10 heavy (non-hydrogen) atoms. The minimum atomic E-state index is 1.16. The fraction of sp³-hybridized carbons (Fsp3) is 0.600. The lowest BCUT2D eigenvalue weighted by Gasteiger charge is -1.88. The maximum Gasteiger partial charge on any atom is -0.0349 e. The van der Waals surface area contributed by atoms with E-state index in [1.165, 1.54) is 18.4 Å². The van der Waals surface area contributed by atoms with Gasteiger partial charge in [0.2, 0.25) is 0 Å². The van der Waals surface area contributed by atoms with Crippen LogP contribution in [0.2, 0.25) is 0 Å². The smallest absolute Gasteiger partial charge is 0.0349 e. The molecule has 0 fully saturated rings. The summed E-state index contributed by atoms with van der Waals surface area (Å²) in [6.07, 6.45) is 10.2. The van der Waals surface area contributed by atoms with Crippen molar-refractivity contribution >= 4 is 0 Å². The van der Waals surface area contributed by atoms with E-state index >= 15 is 0 Å². The first kappa shape index (κ1) is 9.48. The SMILES string of the molecule is CCC/C=C\C=C(\C)CC. The summed E-state index contributed by atoms with van der Waals surface area (Å²) >= 11 is 0. The highest BCUT2D eigenvalue weighted by atomic mass is 13.8. The van der Waals surface area contributed by atoms with Crippen molar-refractivity contribution in [2.75, 3.05) is 0 Å². The van der Waals surface area contributed by atoms with Crippen LogP contribution in [0.1, 0.15) is 40.0 Å². The quantitative estimate of drug-likeness (QED) is 0.520. The van der Waals surface area contributed by atoms with Gasteiger partial charge in [-0.05, 0) is 19.8 Å². The second-order valence-electron chi connectivity index (χ2n) is 2.58. The predicted octanol–water partition coefficient (Wildman–Crippen LogP) is 3.70. The van der Waals surface area contributed by atoms with Crippen LogP contribution in [0, 0.1) is 0 Å². The zero-order valence-electron chi connectivity index (χ0n) is 7.35. The third kappa shape index (κ3) is 5.61. The van der Waals surface area contributed by atoms with Crippen LogP contribution in [-0.4, -0.2) is 0 Å². The van der Waals surface area contributed by atoms with E-state index in [-0.39, 0.29) is 0 Å². The van der Waals surface area contributed by atoms with Crippen LogP contribution < -0.4 is 0 Å². The molecule has 0 amide bonds. The molecular weight excluding hydrogens is 120 g/mol. The topological polar surface area (TPSA) is 0 Å². The molecule has 0 nitrogen and oxygen atoms in total. The molecule has 0 unspecified atom stereocenters. The highest BCUT2D eigenvalue weighted by molar-refractivity contribution is 5.09. The first-order valence-electron chi connectivity index (χ1n) is 4.13. The van der Waals surface area contributed by atoms with Gasteiger partial charge < -0.3 is 0 Å². The van der Waals surface area contributed by atoms with Gasteiger partial charge in [-0.3, -0.25) is 0 Å². The summed E-state index contributed by atoms with van der Waals surface area (Å²) in [7, 11) is 0. The van der Waals surface area contributed by atoms with Crippen LogP contribution in [0.3, 0.4) is 0 Å². The Morgan fingerprint density at radius 1 is 1.30 bits per heavy atom. The van der Waals surface area contributed by atoms with Gasteiger partial charge in [0.15, 0.2) is 0 Å². The highest BCUT2D eigenvalue weighted by Gasteiger charge is 1.77. The summed E-state index contributed by atoms with van der Waals surface area (Å²) in [5.41, 5.74) is 1.45. The standard InChI is InChI=1S/C10H18/c1-4-6-7-8-9-10(3)5-2/h7-9H,4-6H2,1-3H3/b8-7-,10-9-. The minimum Gasteiger partial charge on any atom is -0.0845 e. The second-order valence-corrected chi connectivity index (χ2v) is 2.58. The first-order valence-corrected chi connectivity index (χ1v) is 4.13. The van der Waals surface area contributed by atoms with E-state index in [2.05, 4.69) is 39.0 Å². The Balaban J connectivity index is 3.49. The lowest BCUT2D eigenvalue weighted by molar-refractivity contribution is 0.958. The molecule has 0 aromatic carbocycles. The van der Waals surface area contributed by atoms with Crippen molar-refractivity contribution in [3.63, 3.8) is 0 Å². The Morgan fingerprint density at radius 3 is 2.50 bits per heavy atom. The largest absolute Gasteiger partial charge is 0.0845 e. The Labute approximate surface area is 64.6 Å². The summed E-state index contributed by atoms with van der Waals surface area (Å²) < 4.78 is 0. The molecule has 0 heteroatoms. The Morgan fingerprint density at radius 2 is 2.00 bits per heavy atom. The van der Waals surface area contributed by atoms with Gasteiger partial charge in [-0.25, -0.2) is 0 Å². The highest BCUT2D eigenvalue weighted by Crippen LogP contribution is 1.98. The molecular formula is C10H18. The van der Waals surface area contributed by atoms with Crippen molar-refractivity contribution in [1.29, 1.82) is 0 Å².